The Morgan fingerprint density at radius 3 is 2.53 bits per heavy atom. The van der Waals surface area contributed by atoms with Gasteiger partial charge in [0, 0.05) is 18.8 Å². The van der Waals surface area contributed by atoms with Gasteiger partial charge in [-0.1, -0.05) is 60.7 Å². The molecule has 7 heteroatoms. The molecule has 200 valence electrons. The van der Waals surface area contributed by atoms with Crippen molar-refractivity contribution in [3.05, 3.63) is 84.9 Å². The van der Waals surface area contributed by atoms with E-state index in [-0.39, 0.29) is 37.8 Å². The van der Waals surface area contributed by atoms with Crippen LogP contribution in [-0.2, 0) is 14.3 Å². The Labute approximate surface area is 222 Å². The Balaban J connectivity index is 1.15. The molecule has 4 rings (SSSR count). The number of para-hydroxylation sites is 1. The van der Waals surface area contributed by atoms with E-state index in [9.17, 15) is 19.8 Å². The van der Waals surface area contributed by atoms with E-state index in [0.29, 0.717) is 30.8 Å². The highest BCUT2D eigenvalue weighted by Crippen LogP contribution is 2.29. The number of ketones is 1. The molecule has 7 nitrogen and oxygen atoms in total. The highest BCUT2D eigenvalue weighted by molar-refractivity contribution is 5.85. The maximum absolute atomic E-state index is 12.4. The normalized spacial score (nSPS) is 20.2. The highest BCUT2D eigenvalue weighted by atomic mass is 16.5. The first-order valence-electron chi connectivity index (χ1n) is 13.0. The summed E-state index contributed by atoms with van der Waals surface area (Å²) in [4.78, 5) is 24.6. The number of fused-ring (bicyclic) bond motifs is 1. The maximum atomic E-state index is 12.4. The first-order chi connectivity index (χ1) is 18.5. The second-order valence-corrected chi connectivity index (χ2v) is 9.50. The van der Waals surface area contributed by atoms with Crippen LogP contribution in [0.2, 0.25) is 0 Å². The number of aliphatic hydroxyl groups excluding tert-OH is 2. The summed E-state index contributed by atoms with van der Waals surface area (Å²) in [6.45, 7) is 0.00994. The van der Waals surface area contributed by atoms with Gasteiger partial charge in [0.1, 0.15) is 30.0 Å². The fourth-order valence-electron chi connectivity index (χ4n) is 4.54. The molecule has 0 spiro atoms. The van der Waals surface area contributed by atoms with Gasteiger partial charge < -0.3 is 24.4 Å². The summed E-state index contributed by atoms with van der Waals surface area (Å²) in [7, 11) is 0. The Kier molecular flexibility index (Phi) is 10.0. The molecule has 1 saturated carbocycles. The van der Waals surface area contributed by atoms with Gasteiger partial charge in [0.15, 0.2) is 0 Å². The smallest absolute Gasteiger partial charge is 0.311 e. The molecule has 0 bridgehead atoms. The average Bonchev–Trinajstić information content (AvgIpc) is 3.20. The highest BCUT2D eigenvalue weighted by Gasteiger charge is 2.41. The standard InChI is InChI=1S/C31H34O7/c32-24(20-36-25-12-4-3-5-13-25)21-37-31-27(28(33)19-29(31)34)14-6-1-2-7-15-30(35)38-26-17-16-22-10-8-9-11-23(22)18-26/h1,3-6,8-13,16-18,24,27,29,31-32,34H,2,7,14-15,19-21H2/b6-1-/t24?,27-,29+,31+/m0/s1. The lowest BCUT2D eigenvalue weighted by Gasteiger charge is -2.22. The molecule has 0 amide bonds. The molecule has 4 atom stereocenters. The van der Waals surface area contributed by atoms with Crippen LogP contribution in [-0.4, -0.2) is 53.5 Å². The van der Waals surface area contributed by atoms with Gasteiger partial charge in [0.05, 0.1) is 18.8 Å². The largest absolute Gasteiger partial charge is 0.491 e. The molecule has 1 fully saturated rings. The topological polar surface area (TPSA) is 102 Å². The minimum absolute atomic E-state index is 0.0403. The van der Waals surface area contributed by atoms with Crippen molar-refractivity contribution in [2.24, 2.45) is 5.92 Å². The van der Waals surface area contributed by atoms with Gasteiger partial charge in [0.2, 0.25) is 0 Å². The van der Waals surface area contributed by atoms with Crippen LogP contribution in [0.15, 0.2) is 84.9 Å². The number of hydrogen-bond acceptors (Lipinski definition) is 7. The van der Waals surface area contributed by atoms with Crippen molar-refractivity contribution < 1.29 is 34.0 Å². The number of aliphatic hydroxyl groups is 2. The third-order valence-electron chi connectivity index (χ3n) is 6.53. The van der Waals surface area contributed by atoms with E-state index in [4.69, 9.17) is 14.2 Å². The minimum Gasteiger partial charge on any atom is -0.491 e. The average molecular weight is 519 g/mol. The van der Waals surface area contributed by atoms with Crippen LogP contribution in [0.1, 0.15) is 32.1 Å². The molecule has 38 heavy (non-hydrogen) atoms. The number of carbonyl (C=O) groups is 2. The van der Waals surface area contributed by atoms with Crippen molar-refractivity contribution in [1.29, 1.82) is 0 Å². The van der Waals surface area contributed by atoms with E-state index in [1.54, 1.807) is 18.2 Å². The summed E-state index contributed by atoms with van der Waals surface area (Å²) in [6.07, 6.45) is 3.41. The Morgan fingerprint density at radius 2 is 1.71 bits per heavy atom. The second kappa shape index (κ2) is 13.9. The van der Waals surface area contributed by atoms with Gasteiger partial charge >= 0.3 is 5.97 Å². The number of allylic oxidation sites excluding steroid dienone is 2. The minimum atomic E-state index is -0.895. The molecule has 3 aromatic carbocycles. The maximum Gasteiger partial charge on any atom is 0.311 e. The number of carbonyl (C=O) groups excluding carboxylic acids is 2. The number of unbranched alkanes of at least 4 members (excludes halogenated alkanes) is 1. The zero-order chi connectivity index (χ0) is 26.7. The number of rotatable bonds is 13. The van der Waals surface area contributed by atoms with Crippen LogP contribution in [0, 0.1) is 5.92 Å². The number of Topliss-reactive ketones (excluding diaryl/α,β-unsaturated/α-hetero) is 1. The monoisotopic (exact) mass is 518 g/mol. The van der Waals surface area contributed by atoms with Crippen molar-refractivity contribution in [3.8, 4) is 11.5 Å². The Hall–Kier alpha value is -3.52. The van der Waals surface area contributed by atoms with Gasteiger partial charge in [-0.25, -0.2) is 0 Å². The number of benzene rings is 3. The Morgan fingerprint density at radius 1 is 0.947 bits per heavy atom. The van der Waals surface area contributed by atoms with E-state index in [0.717, 1.165) is 10.8 Å². The van der Waals surface area contributed by atoms with E-state index < -0.39 is 24.2 Å². The van der Waals surface area contributed by atoms with Crippen LogP contribution in [0.5, 0.6) is 11.5 Å². The van der Waals surface area contributed by atoms with Gasteiger partial charge in [-0.15, -0.1) is 0 Å². The van der Waals surface area contributed by atoms with Crippen LogP contribution in [0.3, 0.4) is 0 Å². The second-order valence-electron chi connectivity index (χ2n) is 9.50. The van der Waals surface area contributed by atoms with Gasteiger partial charge in [-0.05, 0) is 54.3 Å². The van der Waals surface area contributed by atoms with Crippen LogP contribution in [0.4, 0.5) is 0 Å². The summed E-state index contributed by atoms with van der Waals surface area (Å²) >= 11 is 0. The van der Waals surface area contributed by atoms with E-state index in [1.807, 2.05) is 66.7 Å². The van der Waals surface area contributed by atoms with Crippen LogP contribution >= 0.6 is 0 Å². The number of hydrogen-bond donors (Lipinski definition) is 2. The molecular weight excluding hydrogens is 484 g/mol. The van der Waals surface area contributed by atoms with Crippen molar-refractivity contribution in [3.63, 3.8) is 0 Å². The molecule has 0 radical (unpaired) electrons. The molecule has 2 N–H and O–H groups in total. The summed E-state index contributed by atoms with van der Waals surface area (Å²) in [5.41, 5.74) is 0. The molecule has 3 aromatic rings. The molecule has 0 aliphatic heterocycles. The van der Waals surface area contributed by atoms with Gasteiger partial charge in [-0.3, -0.25) is 9.59 Å². The predicted molar refractivity (Wildman–Crippen MR) is 144 cm³/mol. The first kappa shape index (κ1) is 27.5. The van der Waals surface area contributed by atoms with Gasteiger partial charge in [0.25, 0.3) is 0 Å². The number of ether oxygens (including phenoxy) is 3. The quantitative estimate of drug-likeness (QED) is 0.147. The molecule has 0 aromatic heterocycles. The summed E-state index contributed by atoms with van der Waals surface area (Å²) in [5.74, 6) is 0.367. The predicted octanol–water partition coefficient (Wildman–Crippen LogP) is 4.64. The van der Waals surface area contributed by atoms with E-state index >= 15 is 0 Å². The molecular formula is C31H34O7. The van der Waals surface area contributed by atoms with Gasteiger partial charge in [-0.2, -0.15) is 0 Å². The van der Waals surface area contributed by atoms with Crippen molar-refractivity contribution >= 4 is 22.5 Å². The van der Waals surface area contributed by atoms with Crippen LogP contribution < -0.4 is 9.47 Å². The lowest BCUT2D eigenvalue weighted by Crippen LogP contribution is -2.34. The zero-order valence-corrected chi connectivity index (χ0v) is 21.3. The Bertz CT molecular complexity index is 1220. The fraction of sp³-hybridized carbons (Fsp3) is 0.355. The van der Waals surface area contributed by atoms with Crippen molar-refractivity contribution in [2.75, 3.05) is 13.2 Å². The van der Waals surface area contributed by atoms with Crippen molar-refractivity contribution in [1.82, 2.24) is 0 Å². The van der Waals surface area contributed by atoms with E-state index in [2.05, 4.69) is 0 Å². The van der Waals surface area contributed by atoms with E-state index in [1.165, 1.54) is 0 Å². The number of esters is 1. The zero-order valence-electron chi connectivity index (χ0n) is 21.3. The molecule has 1 aliphatic carbocycles. The third kappa shape index (κ3) is 7.99. The first-order valence-corrected chi connectivity index (χ1v) is 13.0. The lowest BCUT2D eigenvalue weighted by molar-refractivity contribution is -0.134. The summed E-state index contributed by atoms with van der Waals surface area (Å²) in [5, 5.41) is 22.6. The van der Waals surface area contributed by atoms with Crippen molar-refractivity contribution in [2.45, 2.75) is 50.4 Å². The molecule has 1 aliphatic rings. The molecule has 1 unspecified atom stereocenters. The van der Waals surface area contributed by atoms with Crippen LogP contribution in [0.25, 0.3) is 10.8 Å². The fourth-order valence-corrected chi connectivity index (χ4v) is 4.54. The molecule has 0 saturated heterocycles. The molecule has 0 heterocycles. The SMILES string of the molecule is O=C(CCC/C=C\C[C@H]1C(=O)C[C@@H](O)[C@@H]1OCC(O)COc1ccccc1)Oc1ccc2ccccc2c1. The summed E-state index contributed by atoms with van der Waals surface area (Å²) in [6, 6.07) is 22.6. The summed E-state index contributed by atoms with van der Waals surface area (Å²) < 4.78 is 16.7. The lowest BCUT2D eigenvalue weighted by atomic mass is 9.99. The third-order valence-corrected chi connectivity index (χ3v) is 6.53.